The summed E-state index contributed by atoms with van der Waals surface area (Å²) < 4.78 is 33.9. The van der Waals surface area contributed by atoms with Crippen LogP contribution in [-0.2, 0) is 14.0 Å². The Morgan fingerprint density at radius 3 is 2.19 bits per heavy atom. The van der Waals surface area contributed by atoms with Gasteiger partial charge in [-0.25, -0.2) is 8.78 Å². The maximum Gasteiger partial charge on any atom is 0.322 e. The number of nitrogens with zero attached hydrogens (tertiary/aromatic N) is 2. The van der Waals surface area contributed by atoms with Gasteiger partial charge in [0.1, 0.15) is 24.2 Å². The molecule has 0 saturated carbocycles. The zero-order valence-electron chi connectivity index (χ0n) is 21.9. The number of carboxylic acids is 1. The average molecular weight is 532 g/mol. The number of hydrazone groups is 1. The number of halogens is 2. The van der Waals surface area contributed by atoms with Crippen molar-refractivity contribution >= 4 is 32.1 Å². The van der Waals surface area contributed by atoms with Crippen LogP contribution in [0.1, 0.15) is 45.3 Å². The normalized spacial score (nSPS) is 18.6. The van der Waals surface area contributed by atoms with Crippen molar-refractivity contribution in [3.05, 3.63) is 65.7 Å². The van der Waals surface area contributed by atoms with Crippen LogP contribution in [0.5, 0.6) is 0 Å². The quantitative estimate of drug-likeness (QED) is 0.395. The molecule has 1 aliphatic heterocycles. The van der Waals surface area contributed by atoms with Gasteiger partial charge in [-0.2, -0.15) is 5.10 Å². The summed E-state index contributed by atoms with van der Waals surface area (Å²) in [5, 5.41) is 17.4. The number of aliphatic carboxylic acids is 1. The first-order valence-electron chi connectivity index (χ1n) is 12.3. The largest absolute Gasteiger partial charge is 0.480 e. The van der Waals surface area contributed by atoms with Crippen LogP contribution in [0.15, 0.2) is 53.6 Å². The molecule has 10 heteroatoms. The van der Waals surface area contributed by atoms with Crippen LogP contribution in [-0.4, -0.2) is 44.1 Å². The summed E-state index contributed by atoms with van der Waals surface area (Å²) >= 11 is 0. The topological polar surface area (TPSA) is 91.2 Å². The van der Waals surface area contributed by atoms with E-state index in [1.165, 1.54) is 41.4 Å². The van der Waals surface area contributed by atoms with E-state index >= 15 is 0 Å². The molecule has 1 amide bonds. The van der Waals surface area contributed by atoms with E-state index in [4.69, 9.17) is 9.53 Å². The molecule has 0 saturated heterocycles. The first kappa shape index (κ1) is 28.5. The molecule has 0 unspecified atom stereocenters. The van der Waals surface area contributed by atoms with Crippen molar-refractivity contribution in [3.8, 4) is 0 Å². The highest BCUT2D eigenvalue weighted by molar-refractivity contribution is 6.74. The van der Waals surface area contributed by atoms with Gasteiger partial charge in [-0.1, -0.05) is 32.9 Å². The summed E-state index contributed by atoms with van der Waals surface area (Å²) in [7, 11) is -2.19. The summed E-state index contributed by atoms with van der Waals surface area (Å²) in [5.41, 5.74) is 1.37. The van der Waals surface area contributed by atoms with Gasteiger partial charge in [0.15, 0.2) is 8.32 Å². The number of hydrogen-bond acceptors (Lipinski definition) is 5. The highest BCUT2D eigenvalue weighted by Gasteiger charge is 2.41. The lowest BCUT2D eigenvalue weighted by Crippen LogP contribution is -2.48. The van der Waals surface area contributed by atoms with E-state index in [0.29, 0.717) is 18.5 Å². The number of carbonyl (C=O) groups is 2. The standard InChI is InChI=1S/C27H35F2N3O4Si/c1-27(2,3)37(4,5)36-23(18-6-9-20(28)10-7-18)15-8-19-16-31-32(22-13-11-21(29)12-14-22)25(19)26(35)30-17-24(33)34/h6-7,9-14,16,19,23,25H,8,15,17H2,1-5H3,(H,30,35)(H,33,34)/t19-,23-,25-/m0/s1. The highest BCUT2D eigenvalue weighted by Crippen LogP contribution is 2.41. The van der Waals surface area contributed by atoms with Gasteiger partial charge in [0.25, 0.3) is 0 Å². The summed E-state index contributed by atoms with van der Waals surface area (Å²) in [6, 6.07) is 11.0. The molecule has 2 aromatic rings. The summed E-state index contributed by atoms with van der Waals surface area (Å²) in [5.74, 6) is -2.75. The zero-order chi connectivity index (χ0) is 27.4. The third-order valence-electron chi connectivity index (χ3n) is 7.07. The fourth-order valence-electron chi connectivity index (χ4n) is 3.97. The van der Waals surface area contributed by atoms with Gasteiger partial charge in [0.05, 0.1) is 11.8 Å². The van der Waals surface area contributed by atoms with E-state index in [1.807, 2.05) is 0 Å². The van der Waals surface area contributed by atoms with E-state index in [9.17, 15) is 18.4 Å². The van der Waals surface area contributed by atoms with Crippen LogP contribution in [0.4, 0.5) is 14.5 Å². The van der Waals surface area contributed by atoms with Crippen LogP contribution in [0, 0.1) is 17.6 Å². The third kappa shape index (κ3) is 7.23. The Morgan fingerprint density at radius 2 is 1.65 bits per heavy atom. The molecule has 3 rings (SSSR count). The van der Waals surface area contributed by atoms with Gasteiger partial charge in [-0.15, -0.1) is 0 Å². The molecular weight excluding hydrogens is 496 g/mol. The van der Waals surface area contributed by atoms with Crippen LogP contribution < -0.4 is 10.3 Å². The summed E-state index contributed by atoms with van der Waals surface area (Å²) in [4.78, 5) is 24.1. The van der Waals surface area contributed by atoms with Gasteiger partial charge in [-0.3, -0.25) is 14.6 Å². The highest BCUT2D eigenvalue weighted by atomic mass is 28.4. The van der Waals surface area contributed by atoms with Crippen molar-refractivity contribution in [3.63, 3.8) is 0 Å². The maximum atomic E-state index is 13.6. The number of rotatable bonds is 10. The van der Waals surface area contributed by atoms with Crippen molar-refractivity contribution in [2.24, 2.45) is 11.0 Å². The molecule has 3 atom stereocenters. The monoisotopic (exact) mass is 531 g/mol. The second-order valence-electron chi connectivity index (χ2n) is 10.8. The Morgan fingerprint density at radius 1 is 1.08 bits per heavy atom. The molecule has 1 heterocycles. The van der Waals surface area contributed by atoms with Crippen molar-refractivity contribution < 1.29 is 27.9 Å². The van der Waals surface area contributed by atoms with Crippen molar-refractivity contribution in [1.82, 2.24) is 5.32 Å². The van der Waals surface area contributed by atoms with Crippen LogP contribution >= 0.6 is 0 Å². The predicted molar refractivity (Wildman–Crippen MR) is 142 cm³/mol. The number of carbonyl (C=O) groups excluding carboxylic acids is 1. The fourth-order valence-corrected chi connectivity index (χ4v) is 5.28. The van der Waals surface area contributed by atoms with Gasteiger partial charge in [0, 0.05) is 12.1 Å². The molecule has 0 aliphatic carbocycles. The minimum Gasteiger partial charge on any atom is -0.480 e. The Balaban J connectivity index is 1.85. The Labute approximate surface area is 217 Å². The molecule has 2 aromatic carbocycles. The molecule has 1 aliphatic rings. The van der Waals surface area contributed by atoms with E-state index in [-0.39, 0.29) is 22.9 Å². The lowest BCUT2D eigenvalue weighted by Gasteiger charge is -2.39. The van der Waals surface area contributed by atoms with Crippen molar-refractivity contribution in [1.29, 1.82) is 0 Å². The summed E-state index contributed by atoms with van der Waals surface area (Å²) in [6.45, 7) is 10.2. The zero-order valence-corrected chi connectivity index (χ0v) is 22.9. The minimum absolute atomic E-state index is 0.0429. The molecule has 0 spiro atoms. The first-order chi connectivity index (χ1) is 17.3. The molecule has 7 nitrogen and oxygen atoms in total. The van der Waals surface area contributed by atoms with Gasteiger partial charge < -0.3 is 14.8 Å². The van der Waals surface area contributed by atoms with Crippen molar-refractivity contribution in [2.45, 2.75) is 63.9 Å². The molecule has 0 aromatic heterocycles. The van der Waals surface area contributed by atoms with Crippen LogP contribution in [0.3, 0.4) is 0 Å². The second kappa shape index (κ2) is 11.5. The third-order valence-corrected chi connectivity index (χ3v) is 11.6. The van der Waals surface area contributed by atoms with Gasteiger partial charge >= 0.3 is 5.97 Å². The van der Waals surface area contributed by atoms with E-state index < -0.39 is 38.6 Å². The number of amides is 1. The summed E-state index contributed by atoms with van der Waals surface area (Å²) in [6.07, 6.45) is 2.39. The van der Waals surface area contributed by atoms with Gasteiger partial charge in [0.2, 0.25) is 5.91 Å². The number of anilines is 1. The predicted octanol–water partition coefficient (Wildman–Crippen LogP) is 5.50. The minimum atomic E-state index is -2.19. The maximum absolute atomic E-state index is 13.6. The van der Waals surface area contributed by atoms with Crippen LogP contribution in [0.2, 0.25) is 18.1 Å². The SMILES string of the molecule is CC(C)(C)[Si](C)(C)O[C@@H](CC[C@H]1C=NN(c2ccc(F)cc2)[C@@H]1C(=O)NCC(=O)O)c1ccc(F)cc1. The van der Waals surface area contributed by atoms with E-state index in [2.05, 4.69) is 44.3 Å². The van der Waals surface area contributed by atoms with E-state index in [0.717, 1.165) is 5.56 Å². The first-order valence-corrected chi connectivity index (χ1v) is 15.2. The fraction of sp³-hybridized carbons (Fsp3) is 0.444. The molecule has 2 N–H and O–H groups in total. The van der Waals surface area contributed by atoms with Gasteiger partial charge in [-0.05, 0) is 72.9 Å². The lowest BCUT2D eigenvalue weighted by molar-refractivity contribution is -0.138. The lowest BCUT2D eigenvalue weighted by atomic mass is 9.92. The number of carboxylic acid groups (broad SMARTS) is 1. The molecule has 37 heavy (non-hydrogen) atoms. The number of nitrogens with one attached hydrogen (secondary N) is 1. The molecule has 0 fully saturated rings. The number of benzene rings is 2. The Kier molecular flexibility index (Phi) is 8.86. The van der Waals surface area contributed by atoms with Crippen molar-refractivity contribution in [2.75, 3.05) is 11.6 Å². The number of hydrogen-bond donors (Lipinski definition) is 2. The molecule has 0 radical (unpaired) electrons. The Hall–Kier alpha value is -3.11. The van der Waals surface area contributed by atoms with E-state index in [1.54, 1.807) is 18.3 Å². The average Bonchev–Trinajstić information content (AvgIpc) is 3.24. The van der Waals surface area contributed by atoms with Crippen LogP contribution in [0.25, 0.3) is 0 Å². The molecular formula is C27H35F2N3O4Si. The smallest absolute Gasteiger partial charge is 0.322 e. The Bertz CT molecular complexity index is 1120. The molecule has 0 bridgehead atoms. The second-order valence-corrected chi connectivity index (χ2v) is 15.6. The molecule has 200 valence electrons.